The molecule has 1 aromatic rings. The fraction of sp³-hybridized carbons (Fsp3) is 0.588. The van der Waals surface area contributed by atoms with Crippen LogP contribution in [-0.4, -0.2) is 41.1 Å². The summed E-state index contributed by atoms with van der Waals surface area (Å²) in [6.07, 6.45) is 4.55. The van der Waals surface area contributed by atoms with E-state index in [1.807, 2.05) is 35.2 Å². The van der Waals surface area contributed by atoms with E-state index in [1.165, 1.54) is 12.8 Å². The number of aliphatic hydroxyl groups is 1. The molecule has 2 N–H and O–H groups in total. The Kier molecular flexibility index (Phi) is 4.56. The number of piperidine rings is 1. The normalized spacial score (nSPS) is 27.6. The molecule has 114 valence electrons. The van der Waals surface area contributed by atoms with Gasteiger partial charge in [-0.15, -0.1) is 0 Å². The van der Waals surface area contributed by atoms with Crippen LogP contribution < -0.4 is 5.32 Å². The van der Waals surface area contributed by atoms with Crippen LogP contribution in [0.4, 0.5) is 0 Å². The maximum absolute atomic E-state index is 12.7. The molecule has 2 fully saturated rings. The third kappa shape index (κ3) is 3.11. The average molecular weight is 288 g/mol. The minimum Gasteiger partial charge on any atom is -0.378 e. The molecule has 0 spiro atoms. The van der Waals surface area contributed by atoms with E-state index >= 15 is 0 Å². The molecule has 0 radical (unpaired) electrons. The Morgan fingerprint density at radius 2 is 2.00 bits per heavy atom. The lowest BCUT2D eigenvalue weighted by molar-refractivity contribution is -0.145. The molecule has 3 unspecified atom stereocenters. The van der Waals surface area contributed by atoms with Crippen LogP contribution >= 0.6 is 0 Å². The van der Waals surface area contributed by atoms with Crippen LogP contribution in [0.1, 0.15) is 43.8 Å². The van der Waals surface area contributed by atoms with E-state index in [4.69, 9.17) is 0 Å². The molecular weight excluding hydrogens is 264 g/mol. The zero-order chi connectivity index (χ0) is 14.7. The zero-order valence-corrected chi connectivity index (χ0v) is 12.4. The van der Waals surface area contributed by atoms with Crippen molar-refractivity contribution in [2.75, 3.05) is 13.1 Å². The van der Waals surface area contributed by atoms with E-state index in [0.717, 1.165) is 32.4 Å². The van der Waals surface area contributed by atoms with Gasteiger partial charge in [0.2, 0.25) is 0 Å². The number of aliphatic hydroxyl groups excluding tert-OH is 1. The molecule has 4 nitrogen and oxygen atoms in total. The van der Waals surface area contributed by atoms with Crippen molar-refractivity contribution in [2.45, 2.75) is 50.3 Å². The van der Waals surface area contributed by atoms with E-state index in [9.17, 15) is 9.90 Å². The lowest BCUT2D eigenvalue weighted by Gasteiger charge is -2.40. The summed E-state index contributed by atoms with van der Waals surface area (Å²) in [4.78, 5) is 14.6. The van der Waals surface area contributed by atoms with Gasteiger partial charge in [0.15, 0.2) is 6.10 Å². The van der Waals surface area contributed by atoms with Crippen molar-refractivity contribution >= 4 is 5.91 Å². The lowest BCUT2D eigenvalue weighted by Crippen LogP contribution is -2.53. The van der Waals surface area contributed by atoms with E-state index in [2.05, 4.69) is 5.32 Å². The number of rotatable bonds is 3. The largest absolute Gasteiger partial charge is 0.378 e. The van der Waals surface area contributed by atoms with Gasteiger partial charge in [-0.25, -0.2) is 0 Å². The number of hydrogen-bond donors (Lipinski definition) is 2. The number of benzene rings is 1. The van der Waals surface area contributed by atoms with Crippen LogP contribution in [0.2, 0.25) is 0 Å². The second-order valence-corrected chi connectivity index (χ2v) is 6.11. The van der Waals surface area contributed by atoms with Crippen LogP contribution in [0, 0.1) is 0 Å². The fourth-order valence-corrected chi connectivity index (χ4v) is 3.62. The van der Waals surface area contributed by atoms with E-state index < -0.39 is 6.10 Å². The van der Waals surface area contributed by atoms with Gasteiger partial charge < -0.3 is 15.3 Å². The van der Waals surface area contributed by atoms with E-state index in [0.29, 0.717) is 11.6 Å². The van der Waals surface area contributed by atoms with Gasteiger partial charge in [-0.3, -0.25) is 4.79 Å². The van der Waals surface area contributed by atoms with Crippen LogP contribution in [0.25, 0.3) is 0 Å². The molecule has 2 aliphatic rings. The van der Waals surface area contributed by atoms with Gasteiger partial charge in [-0.05, 0) is 44.2 Å². The van der Waals surface area contributed by atoms with Gasteiger partial charge in [-0.1, -0.05) is 30.3 Å². The molecule has 0 aromatic heterocycles. The third-order valence-corrected chi connectivity index (χ3v) is 4.74. The Labute approximate surface area is 126 Å². The topological polar surface area (TPSA) is 52.6 Å². The van der Waals surface area contributed by atoms with Gasteiger partial charge >= 0.3 is 0 Å². The molecule has 0 bridgehead atoms. The predicted molar refractivity (Wildman–Crippen MR) is 81.8 cm³/mol. The first kappa shape index (κ1) is 14.5. The van der Waals surface area contributed by atoms with E-state index in [-0.39, 0.29) is 11.9 Å². The summed E-state index contributed by atoms with van der Waals surface area (Å²) in [5.41, 5.74) is 0.686. The minimum atomic E-state index is -1.03. The summed E-state index contributed by atoms with van der Waals surface area (Å²) in [7, 11) is 0. The highest BCUT2D eigenvalue weighted by Gasteiger charge is 2.36. The molecule has 0 aliphatic carbocycles. The summed E-state index contributed by atoms with van der Waals surface area (Å²) < 4.78 is 0. The second-order valence-electron chi connectivity index (χ2n) is 6.11. The summed E-state index contributed by atoms with van der Waals surface area (Å²) in [6, 6.07) is 9.89. The molecule has 1 aromatic carbocycles. The monoisotopic (exact) mass is 288 g/mol. The van der Waals surface area contributed by atoms with Crippen LogP contribution in [0.3, 0.4) is 0 Å². The van der Waals surface area contributed by atoms with Gasteiger partial charge in [0.25, 0.3) is 5.91 Å². The van der Waals surface area contributed by atoms with Crippen LogP contribution in [0.15, 0.2) is 30.3 Å². The number of nitrogens with one attached hydrogen (secondary N) is 1. The Morgan fingerprint density at radius 1 is 1.19 bits per heavy atom. The first-order valence-corrected chi connectivity index (χ1v) is 8.04. The molecule has 2 heterocycles. The number of amides is 1. The summed E-state index contributed by atoms with van der Waals surface area (Å²) in [5.74, 6) is -0.139. The smallest absolute Gasteiger partial charge is 0.256 e. The molecule has 4 heteroatoms. The number of carbonyl (C=O) groups excluding carboxylic acids is 1. The van der Waals surface area contributed by atoms with Gasteiger partial charge in [-0.2, -0.15) is 0 Å². The Morgan fingerprint density at radius 3 is 2.71 bits per heavy atom. The van der Waals surface area contributed by atoms with Crippen molar-refractivity contribution in [3.63, 3.8) is 0 Å². The molecule has 2 aliphatic heterocycles. The van der Waals surface area contributed by atoms with Gasteiger partial charge in [0.05, 0.1) is 0 Å². The van der Waals surface area contributed by atoms with Crippen molar-refractivity contribution < 1.29 is 9.90 Å². The van der Waals surface area contributed by atoms with Crippen molar-refractivity contribution in [1.29, 1.82) is 0 Å². The van der Waals surface area contributed by atoms with Crippen molar-refractivity contribution in [1.82, 2.24) is 10.2 Å². The second kappa shape index (κ2) is 6.58. The maximum Gasteiger partial charge on any atom is 0.256 e. The average Bonchev–Trinajstić information content (AvgIpc) is 3.08. The first-order chi connectivity index (χ1) is 10.3. The van der Waals surface area contributed by atoms with Crippen LogP contribution in [-0.2, 0) is 4.79 Å². The predicted octanol–water partition coefficient (Wildman–Crippen LogP) is 1.85. The van der Waals surface area contributed by atoms with E-state index in [1.54, 1.807) is 0 Å². The zero-order valence-electron chi connectivity index (χ0n) is 12.4. The first-order valence-electron chi connectivity index (χ1n) is 8.04. The Hall–Kier alpha value is -1.39. The lowest BCUT2D eigenvalue weighted by atomic mass is 9.93. The third-order valence-electron chi connectivity index (χ3n) is 4.74. The standard InChI is InChI=1S/C17H24N2O2/c20-16(13-7-2-1-3-8-13)17(21)19-12-5-4-10-15(19)14-9-6-11-18-14/h1-3,7-8,14-16,18,20H,4-6,9-12H2. The molecule has 21 heavy (non-hydrogen) atoms. The highest BCUT2D eigenvalue weighted by molar-refractivity contribution is 5.82. The molecule has 2 saturated heterocycles. The highest BCUT2D eigenvalue weighted by Crippen LogP contribution is 2.27. The molecule has 1 amide bonds. The minimum absolute atomic E-state index is 0.139. The van der Waals surface area contributed by atoms with Crippen molar-refractivity contribution in [2.24, 2.45) is 0 Å². The summed E-state index contributed by atoms with van der Waals surface area (Å²) >= 11 is 0. The fourth-order valence-electron chi connectivity index (χ4n) is 3.62. The Balaban J connectivity index is 1.74. The summed E-state index contributed by atoms with van der Waals surface area (Å²) in [5, 5.41) is 13.9. The number of nitrogens with zero attached hydrogens (tertiary/aromatic N) is 1. The van der Waals surface area contributed by atoms with Gasteiger partial charge in [0.1, 0.15) is 0 Å². The number of carbonyl (C=O) groups is 1. The number of likely N-dealkylation sites (tertiary alicyclic amines) is 1. The molecule has 3 atom stereocenters. The van der Waals surface area contributed by atoms with Crippen LogP contribution in [0.5, 0.6) is 0 Å². The van der Waals surface area contributed by atoms with Crippen molar-refractivity contribution in [3.05, 3.63) is 35.9 Å². The summed E-state index contributed by atoms with van der Waals surface area (Å²) in [6.45, 7) is 1.82. The number of hydrogen-bond acceptors (Lipinski definition) is 3. The highest BCUT2D eigenvalue weighted by atomic mass is 16.3. The maximum atomic E-state index is 12.7. The SMILES string of the molecule is O=C(C(O)c1ccccc1)N1CCCCC1C1CCCN1. The molecule has 0 saturated carbocycles. The van der Waals surface area contributed by atoms with Gasteiger partial charge in [0, 0.05) is 18.6 Å². The molecule has 3 rings (SSSR count). The van der Waals surface area contributed by atoms with Crippen molar-refractivity contribution in [3.8, 4) is 0 Å². The Bertz CT molecular complexity index is 471. The quantitative estimate of drug-likeness (QED) is 0.892. The molecular formula is C17H24N2O2.